The van der Waals surface area contributed by atoms with Gasteiger partial charge in [-0.05, 0) is 52.2 Å². The summed E-state index contributed by atoms with van der Waals surface area (Å²) in [5, 5.41) is 23.2. The molecule has 1 atom stereocenters. The van der Waals surface area contributed by atoms with Crippen LogP contribution < -0.4 is 10.2 Å². The molecule has 2 heterocycles. The third-order valence-electron chi connectivity index (χ3n) is 4.47. The van der Waals surface area contributed by atoms with Crippen LogP contribution in [0, 0.1) is 0 Å². The van der Waals surface area contributed by atoms with E-state index in [1.807, 2.05) is 43.9 Å². The minimum atomic E-state index is -0.734. The van der Waals surface area contributed by atoms with Crippen molar-refractivity contribution in [1.82, 2.24) is 20.3 Å². The summed E-state index contributed by atoms with van der Waals surface area (Å²) >= 11 is 0. The standard InChI is InChI=1S/C20H29N5O2/c1-20(2,3)24-17(27)13-25(11-12-26)19-14-7-6-9-15(14)22-18(23-19)16-8-4-5-10-21-16/h4-5,8,10,17,24,26-27H,6-7,9,11-13H2,1-3H3. The van der Waals surface area contributed by atoms with Crippen LogP contribution in [-0.4, -0.2) is 56.6 Å². The second-order valence-electron chi connectivity index (χ2n) is 7.94. The molecule has 1 unspecified atom stereocenters. The molecule has 0 fully saturated rings. The maximum Gasteiger partial charge on any atom is 0.180 e. The molecular formula is C20H29N5O2. The molecule has 7 nitrogen and oxygen atoms in total. The van der Waals surface area contributed by atoms with Crippen LogP contribution in [0.4, 0.5) is 5.82 Å². The molecular weight excluding hydrogens is 342 g/mol. The molecule has 146 valence electrons. The maximum absolute atomic E-state index is 10.5. The Morgan fingerprint density at radius 1 is 1.22 bits per heavy atom. The zero-order chi connectivity index (χ0) is 19.4. The van der Waals surface area contributed by atoms with Crippen LogP contribution in [0.5, 0.6) is 0 Å². The zero-order valence-corrected chi connectivity index (χ0v) is 16.3. The molecule has 0 amide bonds. The largest absolute Gasteiger partial charge is 0.395 e. The molecule has 0 bridgehead atoms. The predicted octanol–water partition coefficient (Wildman–Crippen LogP) is 1.53. The molecule has 7 heteroatoms. The molecule has 0 aromatic carbocycles. The fourth-order valence-corrected chi connectivity index (χ4v) is 3.44. The molecule has 3 N–H and O–H groups in total. The SMILES string of the molecule is CC(C)(C)NC(O)CN(CCO)c1nc(-c2ccccn2)nc2c1CCC2. The number of nitrogens with zero attached hydrogens (tertiary/aromatic N) is 4. The summed E-state index contributed by atoms with van der Waals surface area (Å²) in [6.45, 7) is 6.74. The van der Waals surface area contributed by atoms with Crippen LogP contribution in [0.3, 0.4) is 0 Å². The van der Waals surface area contributed by atoms with E-state index in [1.54, 1.807) is 6.20 Å². The van der Waals surface area contributed by atoms with Crippen molar-refractivity contribution in [2.75, 3.05) is 24.6 Å². The lowest BCUT2D eigenvalue weighted by Crippen LogP contribution is -2.50. The van der Waals surface area contributed by atoms with Crippen molar-refractivity contribution in [3.05, 3.63) is 35.7 Å². The Balaban J connectivity index is 1.95. The van der Waals surface area contributed by atoms with Gasteiger partial charge in [0, 0.05) is 29.5 Å². The summed E-state index contributed by atoms with van der Waals surface area (Å²) in [6, 6.07) is 5.68. The lowest BCUT2D eigenvalue weighted by Gasteiger charge is -2.31. The lowest BCUT2D eigenvalue weighted by molar-refractivity contribution is 0.110. The highest BCUT2D eigenvalue weighted by atomic mass is 16.3. The van der Waals surface area contributed by atoms with Crippen LogP contribution in [0.1, 0.15) is 38.4 Å². The van der Waals surface area contributed by atoms with Crippen molar-refractivity contribution in [3.8, 4) is 11.5 Å². The van der Waals surface area contributed by atoms with Crippen LogP contribution in [0.15, 0.2) is 24.4 Å². The van der Waals surface area contributed by atoms with Gasteiger partial charge in [0.1, 0.15) is 17.7 Å². The van der Waals surface area contributed by atoms with Gasteiger partial charge in [-0.15, -0.1) is 0 Å². The van der Waals surface area contributed by atoms with E-state index < -0.39 is 6.23 Å². The van der Waals surface area contributed by atoms with E-state index in [-0.39, 0.29) is 12.1 Å². The average molecular weight is 371 g/mol. The first-order valence-corrected chi connectivity index (χ1v) is 9.50. The number of pyridine rings is 1. The van der Waals surface area contributed by atoms with Crippen LogP contribution >= 0.6 is 0 Å². The monoisotopic (exact) mass is 371 g/mol. The fraction of sp³-hybridized carbons (Fsp3) is 0.550. The van der Waals surface area contributed by atoms with Gasteiger partial charge in [0.25, 0.3) is 0 Å². The second kappa shape index (κ2) is 8.29. The number of anilines is 1. The van der Waals surface area contributed by atoms with Gasteiger partial charge in [-0.2, -0.15) is 0 Å². The molecule has 1 aliphatic carbocycles. The molecule has 1 aliphatic rings. The van der Waals surface area contributed by atoms with Gasteiger partial charge in [0.2, 0.25) is 0 Å². The summed E-state index contributed by atoms with van der Waals surface area (Å²) < 4.78 is 0. The average Bonchev–Trinajstić information content (AvgIpc) is 3.08. The smallest absolute Gasteiger partial charge is 0.180 e. The molecule has 0 aliphatic heterocycles. The molecule has 2 aromatic rings. The Bertz CT molecular complexity index is 761. The molecule has 0 saturated heterocycles. The van der Waals surface area contributed by atoms with E-state index >= 15 is 0 Å². The molecule has 27 heavy (non-hydrogen) atoms. The van der Waals surface area contributed by atoms with Gasteiger partial charge in [-0.3, -0.25) is 10.3 Å². The molecule has 0 radical (unpaired) electrons. The number of aromatic nitrogens is 3. The topological polar surface area (TPSA) is 94.4 Å². The van der Waals surface area contributed by atoms with Gasteiger partial charge >= 0.3 is 0 Å². The first-order chi connectivity index (χ1) is 12.9. The number of hydrogen-bond donors (Lipinski definition) is 3. The third kappa shape index (κ3) is 5.00. The number of fused-ring (bicyclic) bond motifs is 1. The summed E-state index contributed by atoms with van der Waals surface area (Å²) in [5.74, 6) is 1.38. The summed E-state index contributed by atoms with van der Waals surface area (Å²) in [4.78, 5) is 15.8. The number of aliphatic hydroxyl groups excluding tert-OH is 2. The van der Waals surface area contributed by atoms with E-state index in [2.05, 4.69) is 10.3 Å². The Hall–Kier alpha value is -2.09. The normalized spacial score (nSPS) is 14.9. The zero-order valence-electron chi connectivity index (χ0n) is 16.3. The second-order valence-corrected chi connectivity index (χ2v) is 7.94. The van der Waals surface area contributed by atoms with Gasteiger partial charge < -0.3 is 15.1 Å². The van der Waals surface area contributed by atoms with Crippen LogP contribution in [0.25, 0.3) is 11.5 Å². The van der Waals surface area contributed by atoms with Gasteiger partial charge in [0.05, 0.1) is 13.2 Å². The molecule has 0 saturated carbocycles. The van der Waals surface area contributed by atoms with E-state index in [4.69, 9.17) is 9.97 Å². The molecule has 3 rings (SSSR count). The third-order valence-corrected chi connectivity index (χ3v) is 4.47. The Labute approximate surface area is 160 Å². The first-order valence-electron chi connectivity index (χ1n) is 9.50. The number of aryl methyl sites for hydroxylation is 1. The van der Waals surface area contributed by atoms with Crippen molar-refractivity contribution in [2.24, 2.45) is 0 Å². The Morgan fingerprint density at radius 3 is 2.70 bits per heavy atom. The van der Waals surface area contributed by atoms with Gasteiger partial charge in [0.15, 0.2) is 5.82 Å². The van der Waals surface area contributed by atoms with Crippen LogP contribution in [0.2, 0.25) is 0 Å². The Morgan fingerprint density at radius 2 is 2.04 bits per heavy atom. The highest BCUT2D eigenvalue weighted by Crippen LogP contribution is 2.31. The number of hydrogen-bond acceptors (Lipinski definition) is 7. The highest BCUT2D eigenvalue weighted by molar-refractivity contribution is 5.59. The fourth-order valence-electron chi connectivity index (χ4n) is 3.44. The van der Waals surface area contributed by atoms with Gasteiger partial charge in [-0.25, -0.2) is 9.97 Å². The number of rotatable bonds is 7. The maximum atomic E-state index is 10.5. The van der Waals surface area contributed by atoms with Crippen molar-refractivity contribution in [3.63, 3.8) is 0 Å². The van der Waals surface area contributed by atoms with Crippen molar-refractivity contribution < 1.29 is 10.2 Å². The Kier molecular flexibility index (Phi) is 6.04. The first kappa shape index (κ1) is 19.7. The summed E-state index contributed by atoms with van der Waals surface area (Å²) in [5.41, 5.74) is 2.68. The number of nitrogens with one attached hydrogen (secondary N) is 1. The van der Waals surface area contributed by atoms with Crippen molar-refractivity contribution >= 4 is 5.82 Å². The van der Waals surface area contributed by atoms with E-state index in [1.165, 1.54) is 0 Å². The van der Waals surface area contributed by atoms with E-state index in [0.717, 1.165) is 42.0 Å². The van der Waals surface area contributed by atoms with Crippen molar-refractivity contribution in [1.29, 1.82) is 0 Å². The highest BCUT2D eigenvalue weighted by Gasteiger charge is 2.26. The minimum Gasteiger partial charge on any atom is -0.395 e. The van der Waals surface area contributed by atoms with E-state index in [9.17, 15) is 10.2 Å². The minimum absolute atomic E-state index is 0.0140. The summed E-state index contributed by atoms with van der Waals surface area (Å²) in [7, 11) is 0. The quantitative estimate of drug-likeness (QED) is 0.636. The molecule has 2 aromatic heterocycles. The van der Waals surface area contributed by atoms with Crippen LogP contribution in [-0.2, 0) is 12.8 Å². The predicted molar refractivity (Wildman–Crippen MR) is 105 cm³/mol. The lowest BCUT2D eigenvalue weighted by atomic mass is 10.1. The van der Waals surface area contributed by atoms with E-state index in [0.29, 0.717) is 18.9 Å². The molecule has 0 spiro atoms. The summed E-state index contributed by atoms with van der Waals surface area (Å²) in [6.07, 6.45) is 3.87. The van der Waals surface area contributed by atoms with Gasteiger partial charge in [-0.1, -0.05) is 6.07 Å². The number of aliphatic hydroxyl groups is 2. The van der Waals surface area contributed by atoms with Crippen molar-refractivity contribution in [2.45, 2.75) is 51.8 Å².